The van der Waals surface area contributed by atoms with Gasteiger partial charge >= 0.3 is 0 Å². The van der Waals surface area contributed by atoms with Gasteiger partial charge in [-0.2, -0.15) is 0 Å². The average Bonchev–Trinajstić information content (AvgIpc) is 3.06. The molecule has 2 aromatic carbocycles. The van der Waals surface area contributed by atoms with Gasteiger partial charge in [0, 0.05) is 25.1 Å². The van der Waals surface area contributed by atoms with Crippen molar-refractivity contribution in [2.45, 2.75) is 39.3 Å². The molecule has 1 atom stereocenters. The van der Waals surface area contributed by atoms with Crippen molar-refractivity contribution < 1.29 is 14.3 Å². The number of carbonyl (C=O) groups is 2. The van der Waals surface area contributed by atoms with E-state index in [9.17, 15) is 9.59 Å². The lowest BCUT2D eigenvalue weighted by molar-refractivity contribution is -0.126. The van der Waals surface area contributed by atoms with Crippen LogP contribution in [0.4, 0.5) is 5.69 Å². The van der Waals surface area contributed by atoms with E-state index in [0.717, 1.165) is 22.6 Å². The van der Waals surface area contributed by atoms with Crippen LogP contribution in [0.1, 0.15) is 31.4 Å². The number of nitrogens with zero attached hydrogens (tertiary/aromatic N) is 1. The van der Waals surface area contributed by atoms with Crippen LogP contribution in [0.5, 0.6) is 5.75 Å². The Morgan fingerprint density at radius 2 is 1.85 bits per heavy atom. The number of amides is 2. The number of hydrogen-bond donors (Lipinski definition) is 1. The fourth-order valence-electron chi connectivity index (χ4n) is 3.25. The van der Waals surface area contributed by atoms with Gasteiger partial charge in [-0.25, -0.2) is 0 Å². The molecule has 0 aromatic heterocycles. The summed E-state index contributed by atoms with van der Waals surface area (Å²) in [6.07, 6.45) is 0.925. The Hall–Kier alpha value is -2.82. The van der Waals surface area contributed by atoms with Gasteiger partial charge in [-0.1, -0.05) is 37.3 Å². The van der Waals surface area contributed by atoms with E-state index in [2.05, 4.69) is 5.32 Å². The van der Waals surface area contributed by atoms with Gasteiger partial charge < -0.3 is 10.1 Å². The smallest absolute Gasteiger partial charge is 0.243 e. The van der Waals surface area contributed by atoms with Gasteiger partial charge in [0.1, 0.15) is 11.8 Å². The zero-order valence-electron chi connectivity index (χ0n) is 15.2. The van der Waals surface area contributed by atoms with Crippen LogP contribution in [0.25, 0.3) is 0 Å². The second-order valence-corrected chi connectivity index (χ2v) is 6.26. The standard InChI is InChI=1S/C21H24N2O3/c1-3-20(24)23-18-8-6-5-7-16(18)13-19(23)21(25)22-14-15-9-11-17(12-10-15)26-4-2/h5-12,19H,3-4,13-14H2,1-2H3,(H,22,25)/t19-/m1/s1. The molecule has 0 fully saturated rings. The minimum Gasteiger partial charge on any atom is -0.494 e. The summed E-state index contributed by atoms with van der Waals surface area (Å²) in [6, 6.07) is 14.9. The van der Waals surface area contributed by atoms with Crippen molar-refractivity contribution in [3.05, 3.63) is 59.7 Å². The largest absolute Gasteiger partial charge is 0.494 e. The molecule has 1 aliphatic heterocycles. The van der Waals surface area contributed by atoms with Gasteiger partial charge in [0.15, 0.2) is 0 Å². The molecular formula is C21H24N2O3. The van der Waals surface area contributed by atoms with Gasteiger partial charge in [0.2, 0.25) is 11.8 Å². The van der Waals surface area contributed by atoms with Crippen LogP contribution in [0.2, 0.25) is 0 Å². The maximum atomic E-state index is 12.8. The van der Waals surface area contributed by atoms with E-state index in [1.165, 1.54) is 0 Å². The fraction of sp³-hybridized carbons (Fsp3) is 0.333. The molecule has 0 saturated carbocycles. The van der Waals surface area contributed by atoms with Crippen LogP contribution in [0, 0.1) is 0 Å². The van der Waals surface area contributed by atoms with Crippen LogP contribution in [-0.4, -0.2) is 24.5 Å². The third-order valence-electron chi connectivity index (χ3n) is 4.55. The topological polar surface area (TPSA) is 58.6 Å². The van der Waals surface area contributed by atoms with Crippen LogP contribution in [0.3, 0.4) is 0 Å². The first-order valence-corrected chi connectivity index (χ1v) is 9.03. The number of anilines is 1. The summed E-state index contributed by atoms with van der Waals surface area (Å²) in [5.41, 5.74) is 2.88. The quantitative estimate of drug-likeness (QED) is 0.869. The highest BCUT2D eigenvalue weighted by Crippen LogP contribution is 2.32. The molecule has 1 heterocycles. The lowest BCUT2D eigenvalue weighted by Gasteiger charge is -2.24. The number of ether oxygens (including phenoxy) is 1. The van der Waals surface area contributed by atoms with E-state index < -0.39 is 6.04 Å². The third kappa shape index (κ3) is 3.72. The highest BCUT2D eigenvalue weighted by Gasteiger charge is 2.37. The second kappa shape index (κ2) is 8.04. The van der Waals surface area contributed by atoms with E-state index in [1.54, 1.807) is 4.90 Å². The predicted molar refractivity (Wildman–Crippen MR) is 101 cm³/mol. The fourth-order valence-corrected chi connectivity index (χ4v) is 3.25. The third-order valence-corrected chi connectivity index (χ3v) is 4.55. The molecule has 0 radical (unpaired) electrons. The summed E-state index contributed by atoms with van der Waals surface area (Å²) >= 11 is 0. The number of rotatable bonds is 6. The van der Waals surface area contributed by atoms with Gasteiger partial charge in [-0.3, -0.25) is 14.5 Å². The predicted octanol–water partition coefficient (Wildman–Crippen LogP) is 3.07. The molecule has 3 rings (SSSR count). The van der Waals surface area contributed by atoms with Crippen molar-refractivity contribution in [1.82, 2.24) is 5.32 Å². The average molecular weight is 352 g/mol. The summed E-state index contributed by atoms with van der Waals surface area (Å²) in [7, 11) is 0. The summed E-state index contributed by atoms with van der Waals surface area (Å²) in [5, 5.41) is 2.96. The first-order chi connectivity index (χ1) is 12.6. The zero-order valence-corrected chi connectivity index (χ0v) is 15.2. The summed E-state index contributed by atoms with van der Waals surface area (Å²) in [6.45, 7) is 4.81. The number of fused-ring (bicyclic) bond motifs is 1. The summed E-state index contributed by atoms with van der Waals surface area (Å²) in [4.78, 5) is 26.8. The first kappa shape index (κ1) is 18.0. The van der Waals surface area contributed by atoms with Gasteiger partial charge in [-0.15, -0.1) is 0 Å². The van der Waals surface area contributed by atoms with E-state index in [-0.39, 0.29) is 11.8 Å². The van der Waals surface area contributed by atoms with Crippen molar-refractivity contribution in [2.75, 3.05) is 11.5 Å². The first-order valence-electron chi connectivity index (χ1n) is 9.03. The maximum Gasteiger partial charge on any atom is 0.243 e. The summed E-state index contributed by atoms with van der Waals surface area (Å²) < 4.78 is 5.42. The molecule has 26 heavy (non-hydrogen) atoms. The van der Waals surface area contributed by atoms with Gasteiger partial charge in [0.25, 0.3) is 0 Å². The van der Waals surface area contributed by atoms with E-state index in [4.69, 9.17) is 4.74 Å². The molecule has 1 aliphatic rings. The molecule has 0 saturated heterocycles. The van der Waals surface area contributed by atoms with Gasteiger partial charge in [-0.05, 0) is 36.2 Å². The van der Waals surface area contributed by atoms with Crippen LogP contribution in [-0.2, 0) is 22.6 Å². The van der Waals surface area contributed by atoms with Gasteiger partial charge in [0.05, 0.1) is 6.61 Å². The van der Waals surface area contributed by atoms with E-state index >= 15 is 0 Å². The molecule has 2 aromatic rings. The SMILES string of the molecule is CCOc1ccc(CNC(=O)[C@H]2Cc3ccccc3N2C(=O)CC)cc1. The van der Waals surface area contributed by atoms with E-state index in [0.29, 0.717) is 26.0 Å². The van der Waals surface area contributed by atoms with Crippen molar-refractivity contribution in [2.24, 2.45) is 0 Å². The Labute approximate surface area is 154 Å². The molecule has 0 bridgehead atoms. The van der Waals surface area contributed by atoms with Crippen LogP contribution in [0.15, 0.2) is 48.5 Å². The Morgan fingerprint density at radius 1 is 1.12 bits per heavy atom. The number of para-hydroxylation sites is 1. The molecule has 1 N–H and O–H groups in total. The van der Waals surface area contributed by atoms with Crippen LogP contribution >= 0.6 is 0 Å². The lowest BCUT2D eigenvalue weighted by Crippen LogP contribution is -2.47. The van der Waals surface area contributed by atoms with Crippen molar-refractivity contribution in [3.63, 3.8) is 0 Å². The Kier molecular flexibility index (Phi) is 5.56. The number of carbonyl (C=O) groups excluding carboxylic acids is 2. The monoisotopic (exact) mass is 352 g/mol. The molecule has 2 amide bonds. The Bertz CT molecular complexity index is 786. The normalized spacial score (nSPS) is 15.5. The van der Waals surface area contributed by atoms with Crippen molar-refractivity contribution in [3.8, 4) is 5.75 Å². The van der Waals surface area contributed by atoms with Crippen molar-refractivity contribution in [1.29, 1.82) is 0 Å². The maximum absolute atomic E-state index is 12.8. The minimum atomic E-state index is -0.484. The molecule has 5 nitrogen and oxygen atoms in total. The lowest BCUT2D eigenvalue weighted by atomic mass is 10.1. The molecule has 5 heteroatoms. The molecular weight excluding hydrogens is 328 g/mol. The highest BCUT2D eigenvalue weighted by atomic mass is 16.5. The number of nitrogens with one attached hydrogen (secondary N) is 1. The zero-order chi connectivity index (χ0) is 18.5. The summed E-state index contributed by atoms with van der Waals surface area (Å²) in [5.74, 6) is 0.654. The van der Waals surface area contributed by atoms with Crippen molar-refractivity contribution >= 4 is 17.5 Å². The number of benzene rings is 2. The molecule has 0 spiro atoms. The second-order valence-electron chi connectivity index (χ2n) is 6.26. The van der Waals surface area contributed by atoms with Crippen LogP contribution < -0.4 is 15.0 Å². The molecule has 0 aliphatic carbocycles. The number of hydrogen-bond acceptors (Lipinski definition) is 3. The highest BCUT2D eigenvalue weighted by molar-refractivity contribution is 6.03. The minimum absolute atomic E-state index is 0.0313. The Balaban J connectivity index is 1.68. The Morgan fingerprint density at radius 3 is 2.54 bits per heavy atom. The molecule has 136 valence electrons. The molecule has 0 unspecified atom stereocenters. The van der Waals surface area contributed by atoms with E-state index in [1.807, 2.05) is 62.4 Å².